The predicted molar refractivity (Wildman–Crippen MR) is 100.0 cm³/mol. The van der Waals surface area contributed by atoms with Gasteiger partial charge >= 0.3 is 0 Å². The van der Waals surface area contributed by atoms with Crippen molar-refractivity contribution in [2.75, 3.05) is 31.8 Å². The van der Waals surface area contributed by atoms with Crippen LogP contribution in [0.5, 0.6) is 5.75 Å². The summed E-state index contributed by atoms with van der Waals surface area (Å²) >= 11 is 1.64. The Labute approximate surface area is 157 Å². The van der Waals surface area contributed by atoms with Crippen molar-refractivity contribution in [3.8, 4) is 5.75 Å². The molecule has 0 spiro atoms. The van der Waals surface area contributed by atoms with Gasteiger partial charge in [0.2, 0.25) is 17.7 Å². The summed E-state index contributed by atoms with van der Waals surface area (Å²) in [5.74, 6) is 0.739. The summed E-state index contributed by atoms with van der Waals surface area (Å²) in [6.45, 7) is 1.93. The predicted octanol–water partition coefficient (Wildman–Crippen LogP) is 1.55. The van der Waals surface area contributed by atoms with Crippen molar-refractivity contribution in [3.63, 3.8) is 0 Å². The first kappa shape index (κ1) is 18.6. The lowest BCUT2D eigenvalue weighted by Crippen LogP contribution is -2.51. The topological polar surface area (TPSA) is 79.0 Å². The Balaban J connectivity index is 1.60. The van der Waals surface area contributed by atoms with E-state index in [9.17, 15) is 14.4 Å². The third kappa shape index (κ3) is 3.51. The number of hydrogen-bond acceptors (Lipinski definition) is 5. The minimum atomic E-state index is -0.491. The first-order chi connectivity index (χ1) is 12.3. The van der Waals surface area contributed by atoms with Crippen LogP contribution in [0.1, 0.15) is 19.8 Å². The van der Waals surface area contributed by atoms with Crippen LogP contribution in [0.25, 0.3) is 0 Å². The van der Waals surface area contributed by atoms with E-state index in [1.54, 1.807) is 55.1 Å². The van der Waals surface area contributed by atoms with Gasteiger partial charge in [-0.3, -0.25) is 14.4 Å². The Bertz CT molecular complexity index is 741. The molecule has 2 fully saturated rings. The smallest absolute Gasteiger partial charge is 0.246 e. The number of nitrogens with one attached hydrogen (secondary N) is 1. The van der Waals surface area contributed by atoms with Gasteiger partial charge < -0.3 is 19.9 Å². The molecule has 2 saturated heterocycles. The Morgan fingerprint density at radius 2 is 2.23 bits per heavy atom. The molecule has 3 rings (SSSR count). The van der Waals surface area contributed by atoms with Crippen LogP contribution in [0.4, 0.5) is 5.69 Å². The maximum atomic E-state index is 12.8. The summed E-state index contributed by atoms with van der Waals surface area (Å²) in [7, 11) is 3.15. The molecule has 0 unspecified atom stereocenters. The summed E-state index contributed by atoms with van der Waals surface area (Å²) < 4.78 is 5.13. The van der Waals surface area contributed by atoms with E-state index < -0.39 is 6.04 Å². The van der Waals surface area contributed by atoms with Gasteiger partial charge in [-0.1, -0.05) is 6.07 Å². The molecule has 1 N–H and O–H groups in total. The molecule has 0 radical (unpaired) electrons. The molecule has 2 atom stereocenters. The highest BCUT2D eigenvalue weighted by atomic mass is 32.2. The number of methoxy groups -OCH3 is 1. The van der Waals surface area contributed by atoms with Gasteiger partial charge in [-0.15, -0.1) is 11.8 Å². The fourth-order valence-corrected chi connectivity index (χ4v) is 4.88. The van der Waals surface area contributed by atoms with Gasteiger partial charge in [0.15, 0.2) is 0 Å². The van der Waals surface area contributed by atoms with E-state index in [1.165, 1.54) is 4.90 Å². The number of hydrogen-bond donors (Lipinski definition) is 1. The molecule has 1 aromatic carbocycles. The maximum Gasteiger partial charge on any atom is 0.246 e. The van der Waals surface area contributed by atoms with Crippen LogP contribution in [0.15, 0.2) is 24.3 Å². The molecule has 0 aliphatic carbocycles. The average molecular weight is 377 g/mol. The van der Waals surface area contributed by atoms with Gasteiger partial charge in [0, 0.05) is 31.0 Å². The molecule has 26 heavy (non-hydrogen) atoms. The van der Waals surface area contributed by atoms with Crippen LogP contribution in [-0.2, 0) is 14.4 Å². The Morgan fingerprint density at radius 1 is 1.46 bits per heavy atom. The summed E-state index contributed by atoms with van der Waals surface area (Å²) in [5, 5.41) is 2.76. The number of anilines is 1. The van der Waals surface area contributed by atoms with Crippen molar-refractivity contribution < 1.29 is 19.1 Å². The molecule has 2 heterocycles. The number of rotatable bonds is 5. The van der Waals surface area contributed by atoms with Crippen molar-refractivity contribution in [3.05, 3.63) is 24.3 Å². The van der Waals surface area contributed by atoms with Crippen molar-refractivity contribution in [2.45, 2.75) is 30.7 Å². The molecule has 8 heteroatoms. The van der Waals surface area contributed by atoms with Gasteiger partial charge in [-0.2, -0.15) is 0 Å². The van der Waals surface area contributed by atoms with E-state index in [4.69, 9.17) is 4.74 Å². The minimum absolute atomic E-state index is 0.0186. The maximum absolute atomic E-state index is 12.8. The fourth-order valence-electron chi connectivity index (χ4n) is 3.45. The van der Waals surface area contributed by atoms with E-state index in [2.05, 4.69) is 5.32 Å². The highest BCUT2D eigenvalue weighted by Crippen LogP contribution is 2.47. The molecule has 0 saturated carbocycles. The highest BCUT2D eigenvalue weighted by molar-refractivity contribution is 8.01. The quantitative estimate of drug-likeness (QED) is 0.842. The van der Waals surface area contributed by atoms with Crippen molar-refractivity contribution in [1.29, 1.82) is 0 Å². The Kier molecular flexibility index (Phi) is 5.13. The normalized spacial score (nSPS) is 24.3. The number of benzene rings is 1. The lowest BCUT2D eigenvalue weighted by Gasteiger charge is -2.31. The summed E-state index contributed by atoms with van der Waals surface area (Å²) in [6.07, 6.45) is 1.24. The van der Waals surface area contributed by atoms with Crippen LogP contribution < -0.4 is 10.1 Å². The summed E-state index contributed by atoms with van der Waals surface area (Å²) in [5.41, 5.74) is 0.605. The van der Waals surface area contributed by atoms with E-state index in [-0.39, 0.29) is 29.1 Å². The van der Waals surface area contributed by atoms with Crippen molar-refractivity contribution >= 4 is 35.2 Å². The number of amides is 3. The number of ether oxygens (including phenoxy) is 1. The van der Waals surface area contributed by atoms with Crippen molar-refractivity contribution in [1.82, 2.24) is 9.80 Å². The van der Waals surface area contributed by atoms with Gasteiger partial charge in [0.05, 0.1) is 18.5 Å². The van der Waals surface area contributed by atoms with Crippen LogP contribution in [0, 0.1) is 0 Å². The van der Waals surface area contributed by atoms with Crippen molar-refractivity contribution in [2.24, 2.45) is 0 Å². The molecule has 7 nitrogen and oxygen atoms in total. The lowest BCUT2D eigenvalue weighted by atomic mass is 10.2. The fraction of sp³-hybridized carbons (Fsp3) is 0.500. The third-order valence-electron chi connectivity index (χ3n) is 4.84. The zero-order valence-electron chi connectivity index (χ0n) is 15.2. The SMILES string of the molecule is COc1cccc(NC(=O)CN(C)C(=O)[C@@H]2CS[C@]3(C)CCC(=O)N23)c1. The minimum Gasteiger partial charge on any atom is -0.497 e. The number of carbonyl (C=O) groups excluding carboxylic acids is 3. The number of nitrogens with zero attached hydrogens (tertiary/aromatic N) is 2. The lowest BCUT2D eigenvalue weighted by molar-refractivity contribution is -0.143. The van der Waals surface area contributed by atoms with Gasteiger partial charge in [-0.05, 0) is 25.5 Å². The first-order valence-electron chi connectivity index (χ1n) is 8.49. The Hall–Kier alpha value is -2.22. The third-order valence-corrected chi connectivity index (χ3v) is 6.35. The molecular weight excluding hydrogens is 354 g/mol. The zero-order chi connectivity index (χ0) is 18.9. The highest BCUT2D eigenvalue weighted by Gasteiger charge is 2.53. The van der Waals surface area contributed by atoms with Crippen LogP contribution in [0.3, 0.4) is 0 Å². The van der Waals surface area contributed by atoms with Crippen LogP contribution >= 0.6 is 11.8 Å². The molecular formula is C18H23N3O4S. The molecule has 0 bridgehead atoms. The molecule has 2 aliphatic rings. The average Bonchev–Trinajstić information content (AvgIpc) is 3.10. The van der Waals surface area contributed by atoms with E-state index in [1.807, 2.05) is 6.92 Å². The second kappa shape index (κ2) is 7.19. The van der Waals surface area contributed by atoms with E-state index >= 15 is 0 Å². The molecule has 1 aromatic rings. The molecule has 140 valence electrons. The first-order valence-corrected chi connectivity index (χ1v) is 9.47. The molecule has 2 aliphatic heterocycles. The Morgan fingerprint density at radius 3 is 2.96 bits per heavy atom. The number of likely N-dealkylation sites (N-methyl/N-ethyl adjacent to an activating group) is 1. The number of carbonyl (C=O) groups is 3. The van der Waals surface area contributed by atoms with E-state index in [0.717, 1.165) is 6.42 Å². The van der Waals surface area contributed by atoms with E-state index in [0.29, 0.717) is 23.6 Å². The van der Waals surface area contributed by atoms with Gasteiger partial charge in [0.25, 0.3) is 0 Å². The van der Waals surface area contributed by atoms with Gasteiger partial charge in [-0.25, -0.2) is 0 Å². The summed E-state index contributed by atoms with van der Waals surface area (Å²) in [4.78, 5) is 40.0. The second-order valence-corrected chi connectivity index (χ2v) is 8.24. The van der Waals surface area contributed by atoms with Gasteiger partial charge in [0.1, 0.15) is 11.8 Å². The summed E-state index contributed by atoms with van der Waals surface area (Å²) in [6, 6.07) is 6.53. The number of fused-ring (bicyclic) bond motifs is 1. The molecule has 0 aromatic heterocycles. The monoisotopic (exact) mass is 377 g/mol. The zero-order valence-corrected chi connectivity index (χ0v) is 16.0. The second-order valence-electron chi connectivity index (χ2n) is 6.74. The van der Waals surface area contributed by atoms with Crippen LogP contribution in [-0.4, -0.2) is 64.9 Å². The number of thioether (sulfide) groups is 1. The van der Waals surface area contributed by atoms with Crippen LogP contribution in [0.2, 0.25) is 0 Å². The standard InChI is InChI=1S/C18H23N3O4S/c1-18-8-7-16(23)21(18)14(11-26-18)17(24)20(2)10-15(22)19-12-5-4-6-13(9-12)25-3/h4-6,9,14H,7-8,10-11H2,1-3H3,(H,19,22)/t14-,18+/m0/s1. The largest absolute Gasteiger partial charge is 0.497 e. The molecule has 3 amide bonds.